The van der Waals surface area contributed by atoms with Gasteiger partial charge in [-0.05, 0) is 29.3 Å². The molecule has 1 unspecified atom stereocenters. The van der Waals surface area contributed by atoms with Gasteiger partial charge in [0.1, 0.15) is 0 Å². The minimum atomic E-state index is -0.606. The number of benzene rings is 2. The van der Waals surface area contributed by atoms with E-state index in [4.69, 9.17) is 16.9 Å². The molecule has 102 valence electrons. The van der Waals surface area contributed by atoms with Crippen molar-refractivity contribution in [2.45, 2.75) is 12.6 Å². The Bertz CT molecular complexity index is 605. The first-order chi connectivity index (χ1) is 9.70. The highest BCUT2D eigenvalue weighted by Crippen LogP contribution is 2.16. The third-order valence-corrected chi connectivity index (χ3v) is 3.40. The maximum absolute atomic E-state index is 10.1. The first kappa shape index (κ1) is 14.5. The van der Waals surface area contributed by atoms with E-state index in [1.165, 1.54) is 0 Å². The smallest absolute Gasteiger partial charge is 0.0991 e. The minimum absolute atomic E-state index is 0.428. The molecule has 0 aliphatic carbocycles. The Balaban J connectivity index is 1.87. The number of hydrogen-bond acceptors (Lipinski definition) is 3. The Labute approximate surface area is 123 Å². The molecule has 0 radical (unpaired) electrons. The number of rotatable bonds is 5. The average molecular weight is 287 g/mol. The van der Waals surface area contributed by atoms with Crippen molar-refractivity contribution in [3.05, 3.63) is 70.2 Å². The van der Waals surface area contributed by atoms with Crippen molar-refractivity contribution in [2.75, 3.05) is 6.54 Å². The predicted octanol–water partition coefficient (Wildman–Crippen LogP) is 3.03. The zero-order chi connectivity index (χ0) is 14.4. The van der Waals surface area contributed by atoms with Gasteiger partial charge in [0.05, 0.1) is 17.7 Å². The van der Waals surface area contributed by atoms with E-state index in [0.717, 1.165) is 11.1 Å². The second-order valence-corrected chi connectivity index (χ2v) is 4.88. The van der Waals surface area contributed by atoms with E-state index in [-0.39, 0.29) is 0 Å². The third-order valence-electron chi connectivity index (χ3n) is 3.04. The highest BCUT2D eigenvalue weighted by Gasteiger charge is 2.07. The molecule has 4 heteroatoms. The summed E-state index contributed by atoms with van der Waals surface area (Å²) in [5, 5.41) is 22.7. The van der Waals surface area contributed by atoms with Gasteiger partial charge in [-0.25, -0.2) is 0 Å². The van der Waals surface area contributed by atoms with Crippen LogP contribution in [0.1, 0.15) is 22.8 Å². The summed E-state index contributed by atoms with van der Waals surface area (Å²) in [6.07, 6.45) is -0.606. The number of nitriles is 1. The van der Waals surface area contributed by atoms with Crippen LogP contribution in [-0.2, 0) is 6.54 Å². The topological polar surface area (TPSA) is 56.0 Å². The van der Waals surface area contributed by atoms with E-state index in [9.17, 15) is 5.11 Å². The molecule has 0 aliphatic heterocycles. The van der Waals surface area contributed by atoms with Crippen LogP contribution in [0.4, 0.5) is 0 Å². The Hall–Kier alpha value is -1.86. The lowest BCUT2D eigenvalue weighted by atomic mass is 10.1. The lowest BCUT2D eigenvalue weighted by molar-refractivity contribution is 0.174. The number of aliphatic hydroxyl groups is 1. The standard InChI is InChI=1S/C16H15ClN2O/c17-15-4-2-1-3-14(15)10-19-11-16(20)13-7-5-12(9-18)6-8-13/h1-8,16,19-20H,10-11H2. The first-order valence-corrected chi connectivity index (χ1v) is 6.71. The number of aliphatic hydroxyl groups excluding tert-OH is 1. The summed E-state index contributed by atoms with van der Waals surface area (Å²) in [7, 11) is 0. The van der Waals surface area contributed by atoms with Crippen molar-refractivity contribution in [3.8, 4) is 6.07 Å². The highest BCUT2D eigenvalue weighted by atomic mass is 35.5. The Morgan fingerprint density at radius 2 is 1.85 bits per heavy atom. The Morgan fingerprint density at radius 1 is 1.15 bits per heavy atom. The molecule has 0 amide bonds. The summed E-state index contributed by atoms with van der Waals surface area (Å²) in [6, 6.07) is 16.6. The molecule has 3 nitrogen and oxygen atoms in total. The van der Waals surface area contributed by atoms with Gasteiger partial charge in [-0.1, -0.05) is 41.9 Å². The predicted molar refractivity (Wildman–Crippen MR) is 79.3 cm³/mol. The van der Waals surface area contributed by atoms with Crippen LogP contribution in [0.2, 0.25) is 5.02 Å². The molecule has 2 rings (SSSR count). The van der Waals surface area contributed by atoms with Crippen LogP contribution in [-0.4, -0.2) is 11.7 Å². The van der Waals surface area contributed by atoms with Gasteiger partial charge in [-0.2, -0.15) is 5.26 Å². The Morgan fingerprint density at radius 3 is 2.50 bits per heavy atom. The molecule has 0 aliphatic rings. The number of nitrogens with one attached hydrogen (secondary N) is 1. The van der Waals surface area contributed by atoms with Crippen LogP contribution < -0.4 is 5.32 Å². The molecule has 0 spiro atoms. The molecule has 0 saturated heterocycles. The van der Waals surface area contributed by atoms with Gasteiger partial charge < -0.3 is 10.4 Å². The molecular weight excluding hydrogens is 272 g/mol. The summed E-state index contributed by atoms with van der Waals surface area (Å²) in [5.41, 5.74) is 2.38. The molecule has 0 aromatic heterocycles. The molecule has 2 aromatic rings. The first-order valence-electron chi connectivity index (χ1n) is 6.33. The van der Waals surface area contributed by atoms with Crippen molar-refractivity contribution < 1.29 is 5.11 Å². The van der Waals surface area contributed by atoms with E-state index in [0.29, 0.717) is 23.7 Å². The van der Waals surface area contributed by atoms with Crippen LogP contribution in [0, 0.1) is 11.3 Å². The van der Waals surface area contributed by atoms with E-state index >= 15 is 0 Å². The molecule has 2 aromatic carbocycles. The summed E-state index contributed by atoms with van der Waals surface area (Å²) in [6.45, 7) is 1.03. The zero-order valence-corrected chi connectivity index (χ0v) is 11.6. The lowest BCUT2D eigenvalue weighted by Crippen LogP contribution is -2.21. The monoisotopic (exact) mass is 286 g/mol. The molecule has 20 heavy (non-hydrogen) atoms. The highest BCUT2D eigenvalue weighted by molar-refractivity contribution is 6.31. The van der Waals surface area contributed by atoms with Gasteiger partial charge in [0.15, 0.2) is 0 Å². The van der Waals surface area contributed by atoms with E-state index in [1.807, 2.05) is 24.3 Å². The van der Waals surface area contributed by atoms with Crippen molar-refractivity contribution >= 4 is 11.6 Å². The SMILES string of the molecule is N#Cc1ccc(C(O)CNCc2ccccc2Cl)cc1. The molecular formula is C16H15ClN2O. The van der Waals surface area contributed by atoms with Gasteiger partial charge in [0.25, 0.3) is 0 Å². The fraction of sp³-hybridized carbons (Fsp3) is 0.188. The molecule has 0 fully saturated rings. The summed E-state index contributed by atoms with van der Waals surface area (Å²) >= 11 is 6.06. The van der Waals surface area contributed by atoms with Gasteiger partial charge >= 0.3 is 0 Å². The maximum atomic E-state index is 10.1. The minimum Gasteiger partial charge on any atom is -0.387 e. The summed E-state index contributed by atoms with van der Waals surface area (Å²) in [4.78, 5) is 0. The second kappa shape index (κ2) is 7.06. The lowest BCUT2D eigenvalue weighted by Gasteiger charge is -2.13. The number of halogens is 1. The maximum Gasteiger partial charge on any atom is 0.0991 e. The molecule has 2 N–H and O–H groups in total. The fourth-order valence-corrected chi connectivity index (χ4v) is 2.09. The molecule has 0 heterocycles. The van der Waals surface area contributed by atoms with Crippen LogP contribution in [0.25, 0.3) is 0 Å². The second-order valence-electron chi connectivity index (χ2n) is 4.47. The van der Waals surface area contributed by atoms with Crippen molar-refractivity contribution in [1.82, 2.24) is 5.32 Å². The molecule has 0 bridgehead atoms. The van der Waals surface area contributed by atoms with Crippen LogP contribution >= 0.6 is 11.6 Å². The molecule has 1 atom stereocenters. The quantitative estimate of drug-likeness (QED) is 0.888. The van der Waals surface area contributed by atoms with Crippen LogP contribution in [0.15, 0.2) is 48.5 Å². The zero-order valence-electron chi connectivity index (χ0n) is 10.9. The fourth-order valence-electron chi connectivity index (χ4n) is 1.88. The van der Waals surface area contributed by atoms with Crippen LogP contribution in [0.3, 0.4) is 0 Å². The van der Waals surface area contributed by atoms with Crippen molar-refractivity contribution in [2.24, 2.45) is 0 Å². The van der Waals surface area contributed by atoms with E-state index in [1.54, 1.807) is 24.3 Å². The van der Waals surface area contributed by atoms with Crippen LogP contribution in [0.5, 0.6) is 0 Å². The third kappa shape index (κ3) is 3.82. The number of hydrogen-bond donors (Lipinski definition) is 2. The summed E-state index contributed by atoms with van der Waals surface area (Å²) in [5.74, 6) is 0. The average Bonchev–Trinajstić information content (AvgIpc) is 2.49. The van der Waals surface area contributed by atoms with Gasteiger partial charge in [-0.15, -0.1) is 0 Å². The van der Waals surface area contributed by atoms with Gasteiger partial charge in [-0.3, -0.25) is 0 Å². The van der Waals surface area contributed by atoms with Crippen molar-refractivity contribution in [1.29, 1.82) is 5.26 Å². The Kier molecular flexibility index (Phi) is 5.14. The molecule has 0 saturated carbocycles. The van der Waals surface area contributed by atoms with E-state index in [2.05, 4.69) is 11.4 Å². The number of nitrogens with zero attached hydrogens (tertiary/aromatic N) is 1. The normalized spacial score (nSPS) is 11.8. The summed E-state index contributed by atoms with van der Waals surface area (Å²) < 4.78 is 0. The largest absolute Gasteiger partial charge is 0.387 e. The van der Waals surface area contributed by atoms with Crippen molar-refractivity contribution in [3.63, 3.8) is 0 Å². The van der Waals surface area contributed by atoms with Gasteiger partial charge in [0.2, 0.25) is 0 Å². The van der Waals surface area contributed by atoms with E-state index < -0.39 is 6.10 Å². The van der Waals surface area contributed by atoms with Gasteiger partial charge in [0, 0.05) is 18.1 Å².